The summed E-state index contributed by atoms with van der Waals surface area (Å²) < 4.78 is 0. The van der Waals surface area contributed by atoms with Gasteiger partial charge in [0.15, 0.2) is 6.10 Å². The van der Waals surface area contributed by atoms with Gasteiger partial charge in [0, 0.05) is 18.9 Å². The highest BCUT2D eigenvalue weighted by Gasteiger charge is 2.59. The molecule has 26 heavy (non-hydrogen) atoms. The lowest BCUT2D eigenvalue weighted by Gasteiger charge is -2.29. The van der Waals surface area contributed by atoms with Gasteiger partial charge in [-0.15, -0.1) is 0 Å². The van der Waals surface area contributed by atoms with Crippen LogP contribution in [0.2, 0.25) is 0 Å². The maximum absolute atomic E-state index is 13.1. The lowest BCUT2D eigenvalue weighted by molar-refractivity contribution is -0.143. The topological polar surface area (TPSA) is 62.7 Å². The molecule has 2 aliphatic rings. The van der Waals surface area contributed by atoms with Crippen LogP contribution in [0.25, 0.3) is 0 Å². The molecule has 0 radical (unpaired) electrons. The van der Waals surface area contributed by atoms with Gasteiger partial charge in [0.1, 0.15) is 5.92 Å². The van der Waals surface area contributed by atoms with E-state index in [-0.39, 0.29) is 23.8 Å². The van der Waals surface area contributed by atoms with Crippen molar-refractivity contribution < 1.29 is 14.4 Å². The number of hydroxylamine groups is 1. The summed E-state index contributed by atoms with van der Waals surface area (Å²) in [4.78, 5) is 37.4. The van der Waals surface area contributed by atoms with Crippen LogP contribution in [-0.2, 0) is 14.4 Å². The quantitative estimate of drug-likeness (QED) is 0.793. The summed E-state index contributed by atoms with van der Waals surface area (Å²) in [5, 5.41) is 1.70. The monoisotopic (exact) mass is 351 g/mol. The second kappa shape index (κ2) is 6.53. The third-order valence-electron chi connectivity index (χ3n) is 4.81. The third-order valence-corrected chi connectivity index (χ3v) is 4.81. The first-order valence-corrected chi connectivity index (χ1v) is 8.84. The van der Waals surface area contributed by atoms with Gasteiger partial charge >= 0.3 is 0 Å². The van der Waals surface area contributed by atoms with Crippen LogP contribution < -0.4 is 5.06 Å². The summed E-state index contributed by atoms with van der Waals surface area (Å²) in [6.07, 6.45) is 2.61. The molecule has 2 saturated heterocycles. The first kappa shape index (κ1) is 16.7. The minimum atomic E-state index is -0.778. The Morgan fingerprint density at radius 1 is 1.04 bits per heavy atom. The standard InChI is InChI=1S/C20H21N3O3/c1-13(2)12-22-19(24)16-17(14-8-10-21-11-9-14)23(26-18(16)20(22)25)15-6-4-3-5-7-15/h3-11,13,16-18H,12H2,1-2H3/t16-,17+,18-/m1/s1. The van der Waals surface area contributed by atoms with Gasteiger partial charge < -0.3 is 0 Å². The predicted molar refractivity (Wildman–Crippen MR) is 95.8 cm³/mol. The minimum absolute atomic E-state index is 0.158. The molecular weight excluding hydrogens is 330 g/mol. The number of carbonyl (C=O) groups excluding carboxylic acids is 2. The maximum atomic E-state index is 13.1. The molecule has 0 spiro atoms. The first-order valence-electron chi connectivity index (χ1n) is 8.84. The molecule has 0 saturated carbocycles. The molecular formula is C20H21N3O3. The van der Waals surface area contributed by atoms with Crippen LogP contribution in [-0.4, -0.2) is 34.3 Å². The van der Waals surface area contributed by atoms with Crippen molar-refractivity contribution in [2.75, 3.05) is 11.6 Å². The van der Waals surface area contributed by atoms with Crippen LogP contribution in [0.5, 0.6) is 0 Å². The lowest BCUT2D eigenvalue weighted by Crippen LogP contribution is -2.39. The van der Waals surface area contributed by atoms with Crippen LogP contribution in [0.1, 0.15) is 25.5 Å². The fourth-order valence-corrected chi connectivity index (χ4v) is 3.72. The number of aromatic nitrogens is 1. The van der Waals surface area contributed by atoms with Gasteiger partial charge in [0.05, 0.1) is 11.7 Å². The smallest absolute Gasteiger partial charge is 0.262 e. The SMILES string of the molecule is CC(C)CN1C(=O)[C@H]2[C@@H](ON(c3ccccc3)[C@H]2c2ccncc2)C1=O. The average molecular weight is 351 g/mol. The zero-order chi connectivity index (χ0) is 18.3. The number of amides is 2. The zero-order valence-electron chi connectivity index (χ0n) is 14.8. The molecule has 3 heterocycles. The zero-order valence-corrected chi connectivity index (χ0v) is 14.8. The van der Waals surface area contributed by atoms with E-state index in [1.807, 2.05) is 56.3 Å². The van der Waals surface area contributed by atoms with Crippen LogP contribution in [0.4, 0.5) is 5.69 Å². The number of hydrogen-bond donors (Lipinski definition) is 0. The van der Waals surface area contributed by atoms with Crippen LogP contribution >= 0.6 is 0 Å². The van der Waals surface area contributed by atoms with Crippen LogP contribution in [0.15, 0.2) is 54.9 Å². The Balaban J connectivity index is 1.75. The summed E-state index contributed by atoms with van der Waals surface area (Å²) in [5.41, 5.74) is 1.73. The molecule has 134 valence electrons. The molecule has 2 fully saturated rings. The molecule has 0 unspecified atom stereocenters. The number of imide groups is 1. The lowest BCUT2D eigenvalue weighted by atomic mass is 9.91. The van der Waals surface area contributed by atoms with E-state index in [2.05, 4.69) is 4.98 Å². The number of anilines is 1. The highest BCUT2D eigenvalue weighted by molar-refractivity contribution is 6.07. The van der Waals surface area contributed by atoms with Crippen molar-refractivity contribution >= 4 is 17.5 Å². The van der Waals surface area contributed by atoms with E-state index in [4.69, 9.17) is 4.84 Å². The Morgan fingerprint density at radius 2 is 1.73 bits per heavy atom. The van der Waals surface area contributed by atoms with Gasteiger partial charge in [-0.1, -0.05) is 32.0 Å². The Labute approximate surface area is 152 Å². The second-order valence-electron chi connectivity index (χ2n) is 7.12. The van der Waals surface area contributed by atoms with Gasteiger partial charge in [-0.2, -0.15) is 0 Å². The van der Waals surface area contributed by atoms with Crippen molar-refractivity contribution in [3.63, 3.8) is 0 Å². The van der Waals surface area contributed by atoms with Crippen LogP contribution in [0.3, 0.4) is 0 Å². The third kappa shape index (κ3) is 2.66. The number of rotatable bonds is 4. The highest BCUT2D eigenvalue weighted by Crippen LogP contribution is 2.46. The number of benzene rings is 1. The van der Waals surface area contributed by atoms with Gasteiger partial charge in [0.2, 0.25) is 5.91 Å². The van der Waals surface area contributed by atoms with Crippen molar-refractivity contribution in [1.29, 1.82) is 0 Å². The molecule has 1 aromatic carbocycles. The molecule has 2 amide bonds. The fraction of sp³-hybridized carbons (Fsp3) is 0.350. The largest absolute Gasteiger partial charge is 0.280 e. The Hall–Kier alpha value is -2.73. The number of likely N-dealkylation sites (tertiary alicyclic amines) is 1. The molecule has 2 aromatic rings. The molecule has 0 aliphatic carbocycles. The number of hydrogen-bond acceptors (Lipinski definition) is 5. The Morgan fingerprint density at radius 3 is 2.38 bits per heavy atom. The molecule has 2 aliphatic heterocycles. The van der Waals surface area contributed by atoms with Gasteiger partial charge in [-0.05, 0) is 35.7 Å². The van der Waals surface area contributed by atoms with E-state index in [0.29, 0.717) is 6.54 Å². The van der Waals surface area contributed by atoms with Gasteiger partial charge in [0.25, 0.3) is 5.91 Å². The first-order chi connectivity index (χ1) is 12.6. The van der Waals surface area contributed by atoms with E-state index in [1.54, 1.807) is 17.5 Å². The summed E-state index contributed by atoms with van der Waals surface area (Å²) in [6, 6.07) is 12.9. The molecule has 4 rings (SSSR count). The molecule has 3 atom stereocenters. The van der Waals surface area contributed by atoms with Crippen molar-refractivity contribution in [2.24, 2.45) is 11.8 Å². The van der Waals surface area contributed by atoms with Gasteiger partial charge in [-0.25, -0.2) is 5.06 Å². The van der Waals surface area contributed by atoms with E-state index in [9.17, 15) is 9.59 Å². The number of carbonyl (C=O) groups is 2. The normalized spacial score (nSPS) is 25.3. The number of pyridine rings is 1. The molecule has 0 bridgehead atoms. The molecule has 6 nitrogen and oxygen atoms in total. The number of para-hydroxylation sites is 1. The second-order valence-corrected chi connectivity index (χ2v) is 7.12. The van der Waals surface area contributed by atoms with Crippen LogP contribution in [0, 0.1) is 11.8 Å². The van der Waals surface area contributed by atoms with Crippen molar-refractivity contribution in [1.82, 2.24) is 9.88 Å². The Bertz CT molecular complexity index is 810. The summed E-state index contributed by atoms with van der Waals surface area (Å²) in [6.45, 7) is 4.40. The number of nitrogens with zero attached hydrogens (tertiary/aromatic N) is 3. The average Bonchev–Trinajstić information content (AvgIpc) is 3.15. The van der Waals surface area contributed by atoms with Crippen molar-refractivity contribution in [3.8, 4) is 0 Å². The van der Waals surface area contributed by atoms with Crippen molar-refractivity contribution in [3.05, 3.63) is 60.4 Å². The van der Waals surface area contributed by atoms with E-state index >= 15 is 0 Å². The highest BCUT2D eigenvalue weighted by atomic mass is 16.7. The summed E-state index contributed by atoms with van der Waals surface area (Å²) in [7, 11) is 0. The molecule has 1 aromatic heterocycles. The maximum Gasteiger partial charge on any atom is 0.262 e. The summed E-state index contributed by atoms with van der Waals surface area (Å²) in [5.74, 6) is -0.740. The van der Waals surface area contributed by atoms with E-state index in [0.717, 1.165) is 11.3 Å². The molecule has 6 heteroatoms. The summed E-state index contributed by atoms with van der Waals surface area (Å²) >= 11 is 0. The fourth-order valence-electron chi connectivity index (χ4n) is 3.72. The molecule has 0 N–H and O–H groups in total. The van der Waals surface area contributed by atoms with E-state index < -0.39 is 12.0 Å². The Kier molecular flexibility index (Phi) is 4.20. The van der Waals surface area contributed by atoms with Crippen molar-refractivity contribution in [2.45, 2.75) is 26.0 Å². The number of fused-ring (bicyclic) bond motifs is 1. The van der Waals surface area contributed by atoms with Gasteiger partial charge in [-0.3, -0.25) is 24.3 Å². The minimum Gasteiger partial charge on any atom is -0.280 e. The van der Waals surface area contributed by atoms with E-state index in [1.165, 1.54) is 4.90 Å². The predicted octanol–water partition coefficient (Wildman–Crippen LogP) is 2.58.